The van der Waals surface area contributed by atoms with E-state index in [0.29, 0.717) is 11.4 Å². The highest BCUT2D eigenvalue weighted by molar-refractivity contribution is 5.82. The number of carbonyl (C=O) groups is 1. The maximum atomic E-state index is 12.2. The van der Waals surface area contributed by atoms with Gasteiger partial charge in [0.2, 0.25) is 5.88 Å². The number of carbonyl (C=O) groups excluding carboxylic acids is 1. The predicted octanol–water partition coefficient (Wildman–Crippen LogP) is 2.93. The van der Waals surface area contributed by atoms with Gasteiger partial charge in [-0.2, -0.15) is 0 Å². The minimum Gasteiger partial charge on any atom is -0.474 e. The van der Waals surface area contributed by atoms with Gasteiger partial charge in [-0.3, -0.25) is 4.79 Å². The first-order chi connectivity index (χ1) is 12.1. The molecule has 0 saturated heterocycles. The van der Waals surface area contributed by atoms with Gasteiger partial charge < -0.3 is 15.2 Å². The van der Waals surface area contributed by atoms with Crippen molar-refractivity contribution >= 4 is 5.91 Å². The fourth-order valence-corrected chi connectivity index (χ4v) is 3.09. The van der Waals surface area contributed by atoms with E-state index in [1.807, 2.05) is 37.3 Å². The zero-order valence-electron chi connectivity index (χ0n) is 14.4. The second-order valence-corrected chi connectivity index (χ2v) is 6.59. The van der Waals surface area contributed by atoms with Crippen LogP contribution in [0.4, 0.5) is 0 Å². The Bertz CT molecular complexity index is 680. The van der Waals surface area contributed by atoms with Crippen molar-refractivity contribution in [3.63, 3.8) is 0 Å². The zero-order chi connectivity index (χ0) is 17.6. The monoisotopic (exact) mass is 340 g/mol. The third-order valence-electron chi connectivity index (χ3n) is 4.56. The maximum absolute atomic E-state index is 12.2. The van der Waals surface area contributed by atoms with Crippen molar-refractivity contribution in [2.75, 3.05) is 0 Å². The van der Waals surface area contributed by atoms with E-state index in [-0.39, 0.29) is 18.1 Å². The third kappa shape index (κ3) is 4.79. The summed E-state index contributed by atoms with van der Waals surface area (Å²) < 4.78 is 5.91. The molecule has 1 atom stereocenters. The van der Waals surface area contributed by atoms with Crippen molar-refractivity contribution in [2.45, 2.75) is 50.9 Å². The van der Waals surface area contributed by atoms with Gasteiger partial charge in [-0.1, -0.05) is 36.4 Å². The highest BCUT2D eigenvalue weighted by Gasteiger charge is 2.26. The molecule has 0 aliphatic heterocycles. The van der Waals surface area contributed by atoms with E-state index in [2.05, 4.69) is 10.3 Å². The lowest BCUT2D eigenvalue weighted by Crippen LogP contribution is -2.41. The van der Waals surface area contributed by atoms with Crippen LogP contribution in [0.25, 0.3) is 0 Å². The van der Waals surface area contributed by atoms with Crippen LogP contribution in [0.1, 0.15) is 42.9 Å². The minimum absolute atomic E-state index is 0.0803. The normalized spacial score (nSPS) is 21.4. The molecule has 1 saturated carbocycles. The van der Waals surface area contributed by atoms with E-state index in [1.54, 1.807) is 18.3 Å². The average molecular weight is 340 g/mol. The molecule has 5 heteroatoms. The molecule has 0 spiro atoms. The second-order valence-electron chi connectivity index (χ2n) is 6.59. The molecular formula is C20H24N2O3. The summed E-state index contributed by atoms with van der Waals surface area (Å²) in [4.78, 5) is 16.5. The fraction of sp³-hybridized carbons (Fsp3) is 0.400. The van der Waals surface area contributed by atoms with Crippen LogP contribution < -0.4 is 10.1 Å². The first-order valence-electron chi connectivity index (χ1n) is 8.74. The van der Waals surface area contributed by atoms with E-state index >= 15 is 0 Å². The summed E-state index contributed by atoms with van der Waals surface area (Å²) >= 11 is 0. The van der Waals surface area contributed by atoms with Crippen LogP contribution in [-0.4, -0.2) is 28.1 Å². The Kier molecular flexibility index (Phi) is 5.66. The second kappa shape index (κ2) is 8.12. The first kappa shape index (κ1) is 17.4. The van der Waals surface area contributed by atoms with E-state index in [1.165, 1.54) is 0 Å². The Hall–Kier alpha value is -2.40. The Morgan fingerprint density at radius 2 is 1.88 bits per heavy atom. The SMILES string of the molecule is Cc1ccc(OC2CCC(NC(=O)C(O)c3ccccc3)CC2)nc1. The van der Waals surface area contributed by atoms with Gasteiger partial charge in [0.05, 0.1) is 0 Å². The van der Waals surface area contributed by atoms with Crippen molar-refractivity contribution in [3.05, 3.63) is 59.8 Å². The molecule has 0 bridgehead atoms. The number of nitrogens with one attached hydrogen (secondary N) is 1. The summed E-state index contributed by atoms with van der Waals surface area (Å²) in [5.74, 6) is 0.313. The standard InChI is InChI=1S/C20H24N2O3/c1-14-7-12-18(21-13-14)25-17-10-8-16(9-11-17)22-20(24)19(23)15-5-3-2-4-6-15/h2-7,12-13,16-17,19,23H,8-11H2,1H3,(H,22,24). The summed E-state index contributed by atoms with van der Waals surface area (Å²) in [5.41, 5.74) is 1.72. The highest BCUT2D eigenvalue weighted by atomic mass is 16.5. The number of rotatable bonds is 5. The number of nitrogens with zero attached hydrogens (tertiary/aromatic N) is 1. The molecule has 5 nitrogen and oxygen atoms in total. The Labute approximate surface area is 148 Å². The zero-order valence-corrected chi connectivity index (χ0v) is 14.4. The molecule has 1 aliphatic carbocycles. The number of ether oxygens (including phenoxy) is 1. The summed E-state index contributed by atoms with van der Waals surface area (Å²) in [6, 6.07) is 12.9. The molecular weight excluding hydrogens is 316 g/mol. The number of hydrogen-bond donors (Lipinski definition) is 2. The molecule has 1 aromatic heterocycles. The van der Waals surface area contributed by atoms with Gasteiger partial charge >= 0.3 is 0 Å². The molecule has 0 radical (unpaired) electrons. The van der Waals surface area contributed by atoms with Crippen LogP contribution in [0, 0.1) is 6.92 Å². The van der Waals surface area contributed by atoms with Crippen molar-refractivity contribution < 1.29 is 14.6 Å². The fourth-order valence-electron chi connectivity index (χ4n) is 3.09. The van der Waals surface area contributed by atoms with Crippen LogP contribution in [0.3, 0.4) is 0 Å². The lowest BCUT2D eigenvalue weighted by Gasteiger charge is -2.29. The Balaban J connectivity index is 1.46. The number of aromatic nitrogens is 1. The molecule has 132 valence electrons. The van der Waals surface area contributed by atoms with Crippen LogP contribution >= 0.6 is 0 Å². The van der Waals surface area contributed by atoms with Crippen molar-refractivity contribution in [1.82, 2.24) is 10.3 Å². The van der Waals surface area contributed by atoms with E-state index < -0.39 is 6.10 Å². The van der Waals surface area contributed by atoms with Gasteiger partial charge in [-0.05, 0) is 43.7 Å². The summed E-state index contributed by atoms with van der Waals surface area (Å²) in [6.45, 7) is 1.99. The number of aryl methyl sites for hydroxylation is 1. The maximum Gasteiger partial charge on any atom is 0.253 e. The highest BCUT2D eigenvalue weighted by Crippen LogP contribution is 2.23. The molecule has 1 aromatic carbocycles. The molecule has 2 aromatic rings. The van der Waals surface area contributed by atoms with Crippen molar-refractivity contribution in [3.8, 4) is 5.88 Å². The van der Waals surface area contributed by atoms with Crippen LogP contribution in [0.2, 0.25) is 0 Å². The summed E-state index contributed by atoms with van der Waals surface area (Å²) in [5, 5.41) is 13.1. The molecule has 25 heavy (non-hydrogen) atoms. The van der Waals surface area contributed by atoms with Gasteiger partial charge in [0.1, 0.15) is 6.10 Å². The number of aliphatic hydroxyl groups excluding tert-OH is 1. The predicted molar refractivity (Wildman–Crippen MR) is 95.2 cm³/mol. The third-order valence-corrected chi connectivity index (χ3v) is 4.56. The van der Waals surface area contributed by atoms with Gasteiger partial charge in [0.15, 0.2) is 6.10 Å². The number of pyridine rings is 1. The molecule has 1 aliphatic rings. The molecule has 2 N–H and O–H groups in total. The largest absolute Gasteiger partial charge is 0.474 e. The molecule has 1 unspecified atom stereocenters. The van der Waals surface area contributed by atoms with E-state index in [4.69, 9.17) is 4.74 Å². The molecule has 1 amide bonds. The minimum atomic E-state index is -1.12. The van der Waals surface area contributed by atoms with Gasteiger partial charge in [0, 0.05) is 18.3 Å². The molecule has 1 heterocycles. The number of amides is 1. The van der Waals surface area contributed by atoms with Gasteiger partial charge in [0.25, 0.3) is 5.91 Å². The summed E-state index contributed by atoms with van der Waals surface area (Å²) in [7, 11) is 0. The van der Waals surface area contributed by atoms with Crippen LogP contribution in [-0.2, 0) is 4.79 Å². The summed E-state index contributed by atoms with van der Waals surface area (Å²) in [6.07, 6.45) is 4.21. The van der Waals surface area contributed by atoms with E-state index in [0.717, 1.165) is 31.2 Å². The van der Waals surface area contributed by atoms with E-state index in [9.17, 15) is 9.90 Å². The number of hydrogen-bond acceptors (Lipinski definition) is 4. The van der Waals surface area contributed by atoms with Crippen LogP contribution in [0.5, 0.6) is 5.88 Å². The van der Waals surface area contributed by atoms with Crippen molar-refractivity contribution in [2.24, 2.45) is 0 Å². The lowest BCUT2D eigenvalue weighted by molar-refractivity contribution is -0.130. The number of aliphatic hydroxyl groups is 1. The topological polar surface area (TPSA) is 71.5 Å². The quantitative estimate of drug-likeness (QED) is 0.878. The van der Waals surface area contributed by atoms with Crippen LogP contribution in [0.15, 0.2) is 48.7 Å². The average Bonchev–Trinajstić information content (AvgIpc) is 2.65. The Morgan fingerprint density at radius 3 is 2.52 bits per heavy atom. The van der Waals surface area contributed by atoms with Gasteiger partial charge in [-0.25, -0.2) is 4.98 Å². The van der Waals surface area contributed by atoms with Gasteiger partial charge in [-0.15, -0.1) is 0 Å². The number of benzene rings is 1. The molecule has 1 fully saturated rings. The lowest BCUT2D eigenvalue weighted by atomic mass is 9.92. The Morgan fingerprint density at radius 1 is 1.16 bits per heavy atom. The first-order valence-corrected chi connectivity index (χ1v) is 8.74. The van der Waals surface area contributed by atoms with Crippen molar-refractivity contribution in [1.29, 1.82) is 0 Å². The molecule has 3 rings (SSSR count). The smallest absolute Gasteiger partial charge is 0.253 e.